The van der Waals surface area contributed by atoms with Crippen LogP contribution >= 0.6 is 0 Å². The Morgan fingerprint density at radius 2 is 1.71 bits per heavy atom. The SMILES string of the molecule is CCOC(=O)CCC(=O)NCC(c1ccc(N(C)C)cc1)N(C)C. The molecule has 0 aliphatic rings. The van der Waals surface area contributed by atoms with Crippen LogP contribution in [-0.4, -0.2) is 58.1 Å². The van der Waals surface area contributed by atoms with Gasteiger partial charge < -0.3 is 19.9 Å². The van der Waals surface area contributed by atoms with Crippen molar-refractivity contribution in [1.29, 1.82) is 0 Å². The Balaban J connectivity index is 2.57. The average Bonchev–Trinajstić information content (AvgIpc) is 2.53. The van der Waals surface area contributed by atoms with Gasteiger partial charge in [0.25, 0.3) is 0 Å². The van der Waals surface area contributed by atoms with Gasteiger partial charge in [-0.2, -0.15) is 0 Å². The minimum absolute atomic E-state index is 0.0766. The van der Waals surface area contributed by atoms with Crippen LogP contribution in [0.5, 0.6) is 0 Å². The average molecular weight is 335 g/mol. The predicted octanol–water partition coefficient (Wildman–Crippen LogP) is 1.81. The zero-order valence-corrected chi connectivity index (χ0v) is 15.3. The van der Waals surface area contributed by atoms with Gasteiger partial charge in [-0.25, -0.2) is 0 Å². The van der Waals surface area contributed by atoms with E-state index in [0.29, 0.717) is 13.2 Å². The lowest BCUT2D eigenvalue weighted by Crippen LogP contribution is -2.34. The number of anilines is 1. The molecule has 0 fully saturated rings. The van der Waals surface area contributed by atoms with E-state index in [4.69, 9.17) is 4.74 Å². The molecule has 0 bridgehead atoms. The van der Waals surface area contributed by atoms with Crippen molar-refractivity contribution in [3.05, 3.63) is 29.8 Å². The summed E-state index contributed by atoms with van der Waals surface area (Å²) in [6.45, 7) is 2.59. The van der Waals surface area contributed by atoms with Gasteiger partial charge in [-0.3, -0.25) is 9.59 Å². The Bertz CT molecular complexity index is 527. The first-order chi connectivity index (χ1) is 11.3. The van der Waals surface area contributed by atoms with Crippen molar-refractivity contribution >= 4 is 17.6 Å². The summed E-state index contributed by atoms with van der Waals surface area (Å²) in [7, 11) is 7.97. The number of ether oxygens (including phenoxy) is 1. The first-order valence-corrected chi connectivity index (χ1v) is 8.21. The first-order valence-electron chi connectivity index (χ1n) is 8.21. The van der Waals surface area contributed by atoms with Gasteiger partial charge in [0.1, 0.15) is 0 Å². The summed E-state index contributed by atoms with van der Waals surface area (Å²) in [5.41, 5.74) is 2.27. The van der Waals surface area contributed by atoms with Crippen molar-refractivity contribution in [3.8, 4) is 0 Å². The van der Waals surface area contributed by atoms with Crippen molar-refractivity contribution in [2.24, 2.45) is 0 Å². The Hall–Kier alpha value is -2.08. The van der Waals surface area contributed by atoms with Gasteiger partial charge in [0.05, 0.1) is 19.1 Å². The second-order valence-corrected chi connectivity index (χ2v) is 6.07. The third-order valence-corrected chi connectivity index (χ3v) is 3.77. The molecular formula is C18H29N3O3. The number of esters is 1. The van der Waals surface area contributed by atoms with Crippen molar-refractivity contribution in [1.82, 2.24) is 10.2 Å². The molecule has 0 aliphatic heterocycles. The third kappa shape index (κ3) is 6.58. The van der Waals surface area contributed by atoms with Crippen LogP contribution in [0.1, 0.15) is 31.4 Å². The van der Waals surface area contributed by atoms with Crippen LogP contribution in [-0.2, 0) is 14.3 Å². The number of carbonyl (C=O) groups is 2. The van der Waals surface area contributed by atoms with E-state index < -0.39 is 0 Å². The number of nitrogens with one attached hydrogen (secondary N) is 1. The molecule has 1 aromatic carbocycles. The highest BCUT2D eigenvalue weighted by Crippen LogP contribution is 2.20. The minimum atomic E-state index is -0.337. The molecule has 0 saturated carbocycles. The summed E-state index contributed by atoms with van der Waals surface area (Å²) in [6, 6.07) is 8.35. The molecule has 0 aliphatic carbocycles. The van der Waals surface area contributed by atoms with Crippen LogP contribution < -0.4 is 10.2 Å². The summed E-state index contributed by atoms with van der Waals surface area (Å²) in [4.78, 5) is 27.3. The molecular weight excluding hydrogens is 306 g/mol. The van der Waals surface area contributed by atoms with E-state index in [2.05, 4.69) is 34.5 Å². The smallest absolute Gasteiger partial charge is 0.306 e. The summed E-state index contributed by atoms with van der Waals surface area (Å²) in [5, 5.41) is 2.90. The summed E-state index contributed by atoms with van der Waals surface area (Å²) in [6.07, 6.45) is 0.266. The number of rotatable bonds is 9. The molecule has 134 valence electrons. The topological polar surface area (TPSA) is 61.9 Å². The molecule has 6 heteroatoms. The molecule has 0 aromatic heterocycles. The molecule has 0 spiro atoms. The third-order valence-electron chi connectivity index (χ3n) is 3.77. The van der Waals surface area contributed by atoms with Gasteiger partial charge in [0.2, 0.25) is 5.91 Å². The molecule has 1 amide bonds. The van der Waals surface area contributed by atoms with E-state index in [9.17, 15) is 9.59 Å². The number of hydrogen-bond donors (Lipinski definition) is 1. The number of carbonyl (C=O) groups excluding carboxylic acids is 2. The molecule has 1 aromatic rings. The van der Waals surface area contributed by atoms with Gasteiger partial charge in [0.15, 0.2) is 0 Å². The number of amides is 1. The van der Waals surface area contributed by atoms with Crippen LogP contribution in [0, 0.1) is 0 Å². The maximum Gasteiger partial charge on any atom is 0.306 e. The maximum absolute atomic E-state index is 11.9. The Labute approximate surface area is 144 Å². The van der Waals surface area contributed by atoms with Crippen molar-refractivity contribution in [3.63, 3.8) is 0 Å². The Kier molecular flexibility index (Phi) is 8.26. The van der Waals surface area contributed by atoms with Crippen molar-refractivity contribution in [2.45, 2.75) is 25.8 Å². The molecule has 6 nitrogen and oxygen atoms in total. The van der Waals surface area contributed by atoms with E-state index in [1.807, 2.05) is 33.1 Å². The lowest BCUT2D eigenvalue weighted by molar-refractivity contribution is -0.144. The standard InChI is InChI=1S/C18H29N3O3/c1-6-24-18(23)12-11-17(22)19-13-16(21(4)5)14-7-9-15(10-8-14)20(2)3/h7-10,16H,6,11-13H2,1-5H3,(H,19,22). The number of likely N-dealkylation sites (N-methyl/N-ethyl adjacent to an activating group) is 1. The molecule has 1 rings (SSSR count). The highest BCUT2D eigenvalue weighted by molar-refractivity contribution is 5.81. The highest BCUT2D eigenvalue weighted by Gasteiger charge is 2.16. The lowest BCUT2D eigenvalue weighted by atomic mass is 10.1. The molecule has 0 radical (unpaired) electrons. The first kappa shape index (κ1) is 20.0. The molecule has 1 atom stereocenters. The van der Waals surface area contributed by atoms with Crippen LogP contribution in [0.4, 0.5) is 5.69 Å². The molecule has 1 unspecified atom stereocenters. The minimum Gasteiger partial charge on any atom is -0.466 e. The summed E-state index contributed by atoms with van der Waals surface area (Å²) >= 11 is 0. The monoisotopic (exact) mass is 335 g/mol. The zero-order valence-electron chi connectivity index (χ0n) is 15.3. The second-order valence-electron chi connectivity index (χ2n) is 6.07. The quantitative estimate of drug-likeness (QED) is 0.698. The molecule has 0 saturated heterocycles. The summed E-state index contributed by atoms with van der Waals surface area (Å²) < 4.78 is 4.82. The number of hydrogen-bond acceptors (Lipinski definition) is 5. The Morgan fingerprint density at radius 3 is 2.21 bits per heavy atom. The van der Waals surface area contributed by atoms with Crippen molar-refractivity contribution in [2.75, 3.05) is 46.2 Å². The number of nitrogens with zero attached hydrogens (tertiary/aromatic N) is 2. The van der Waals surface area contributed by atoms with E-state index in [1.165, 1.54) is 0 Å². The summed E-state index contributed by atoms with van der Waals surface area (Å²) in [5.74, 6) is -0.476. The van der Waals surface area contributed by atoms with Crippen molar-refractivity contribution < 1.29 is 14.3 Å². The van der Waals surface area contributed by atoms with Crippen LogP contribution in [0.3, 0.4) is 0 Å². The van der Waals surface area contributed by atoms with E-state index in [1.54, 1.807) is 6.92 Å². The van der Waals surface area contributed by atoms with Gasteiger partial charge in [-0.05, 0) is 38.7 Å². The fourth-order valence-corrected chi connectivity index (χ4v) is 2.34. The lowest BCUT2D eigenvalue weighted by Gasteiger charge is -2.25. The normalized spacial score (nSPS) is 11.9. The molecule has 24 heavy (non-hydrogen) atoms. The van der Waals surface area contributed by atoms with Gasteiger partial charge in [-0.1, -0.05) is 12.1 Å². The van der Waals surface area contributed by atoms with Gasteiger partial charge in [0, 0.05) is 32.7 Å². The number of benzene rings is 1. The maximum atomic E-state index is 11.9. The van der Waals surface area contributed by atoms with Crippen LogP contribution in [0.25, 0.3) is 0 Å². The largest absolute Gasteiger partial charge is 0.466 e. The Morgan fingerprint density at radius 1 is 1.08 bits per heavy atom. The van der Waals surface area contributed by atoms with Crippen LogP contribution in [0.15, 0.2) is 24.3 Å². The van der Waals surface area contributed by atoms with E-state index >= 15 is 0 Å². The zero-order chi connectivity index (χ0) is 18.1. The molecule has 0 heterocycles. The fraction of sp³-hybridized carbons (Fsp3) is 0.556. The van der Waals surface area contributed by atoms with Gasteiger partial charge >= 0.3 is 5.97 Å². The fourth-order valence-electron chi connectivity index (χ4n) is 2.34. The second kappa shape index (κ2) is 9.93. The van der Waals surface area contributed by atoms with E-state index in [-0.39, 0.29) is 30.8 Å². The molecule has 1 N–H and O–H groups in total. The van der Waals surface area contributed by atoms with Crippen LogP contribution in [0.2, 0.25) is 0 Å². The van der Waals surface area contributed by atoms with E-state index in [0.717, 1.165) is 11.3 Å². The predicted molar refractivity (Wildman–Crippen MR) is 96.1 cm³/mol. The van der Waals surface area contributed by atoms with Gasteiger partial charge in [-0.15, -0.1) is 0 Å². The highest BCUT2D eigenvalue weighted by atomic mass is 16.5.